The Morgan fingerprint density at radius 2 is 2.06 bits per heavy atom. The van der Waals surface area contributed by atoms with Gasteiger partial charge in [-0.1, -0.05) is 0 Å². The molecule has 94 valence electrons. The SMILES string of the molecule is CNCc1cnc(-c2ccc(F)c(C)c2)nc1C. The molecule has 1 aromatic heterocycles. The molecule has 2 rings (SSSR count). The van der Waals surface area contributed by atoms with Gasteiger partial charge in [-0.3, -0.25) is 0 Å². The van der Waals surface area contributed by atoms with Crippen molar-refractivity contribution in [2.24, 2.45) is 0 Å². The summed E-state index contributed by atoms with van der Waals surface area (Å²) in [4.78, 5) is 8.78. The van der Waals surface area contributed by atoms with Crippen molar-refractivity contribution in [3.05, 3.63) is 47.0 Å². The zero-order chi connectivity index (χ0) is 13.1. The lowest BCUT2D eigenvalue weighted by Gasteiger charge is -2.07. The number of aryl methyl sites for hydroxylation is 2. The summed E-state index contributed by atoms with van der Waals surface area (Å²) in [5.74, 6) is 0.428. The van der Waals surface area contributed by atoms with E-state index in [1.165, 1.54) is 6.07 Å². The second-order valence-corrected chi connectivity index (χ2v) is 4.30. The van der Waals surface area contributed by atoms with E-state index in [0.717, 1.165) is 23.4 Å². The highest BCUT2D eigenvalue weighted by Crippen LogP contribution is 2.19. The van der Waals surface area contributed by atoms with E-state index in [0.29, 0.717) is 11.4 Å². The van der Waals surface area contributed by atoms with Crippen LogP contribution in [0.4, 0.5) is 4.39 Å². The highest BCUT2D eigenvalue weighted by Gasteiger charge is 2.07. The number of hydrogen-bond acceptors (Lipinski definition) is 3. The molecular weight excluding hydrogens is 229 g/mol. The average Bonchev–Trinajstić information content (AvgIpc) is 2.35. The van der Waals surface area contributed by atoms with Crippen LogP contribution in [0.3, 0.4) is 0 Å². The molecule has 0 saturated carbocycles. The zero-order valence-corrected chi connectivity index (χ0v) is 10.8. The van der Waals surface area contributed by atoms with E-state index in [1.54, 1.807) is 19.1 Å². The molecule has 4 heteroatoms. The Bertz CT molecular complexity index is 567. The Labute approximate surface area is 106 Å². The van der Waals surface area contributed by atoms with Crippen LogP contribution >= 0.6 is 0 Å². The van der Waals surface area contributed by atoms with E-state index < -0.39 is 0 Å². The third-order valence-electron chi connectivity index (χ3n) is 2.86. The van der Waals surface area contributed by atoms with E-state index in [9.17, 15) is 4.39 Å². The van der Waals surface area contributed by atoms with Gasteiger partial charge in [-0.25, -0.2) is 14.4 Å². The van der Waals surface area contributed by atoms with Gasteiger partial charge in [-0.15, -0.1) is 0 Å². The first-order chi connectivity index (χ1) is 8.61. The standard InChI is InChI=1S/C14H16FN3/c1-9-6-11(4-5-13(9)15)14-17-8-12(7-16-3)10(2)18-14/h4-6,8,16H,7H2,1-3H3. The molecule has 0 spiro atoms. The third kappa shape index (κ3) is 2.54. The molecule has 2 aromatic rings. The van der Waals surface area contributed by atoms with Gasteiger partial charge in [-0.05, 0) is 44.7 Å². The highest BCUT2D eigenvalue weighted by atomic mass is 19.1. The van der Waals surface area contributed by atoms with Gasteiger partial charge in [0.15, 0.2) is 5.82 Å². The van der Waals surface area contributed by atoms with Crippen LogP contribution in [0.25, 0.3) is 11.4 Å². The number of benzene rings is 1. The lowest BCUT2D eigenvalue weighted by atomic mass is 10.1. The summed E-state index contributed by atoms with van der Waals surface area (Å²) >= 11 is 0. The maximum atomic E-state index is 13.2. The highest BCUT2D eigenvalue weighted by molar-refractivity contribution is 5.56. The Morgan fingerprint density at radius 3 is 2.67 bits per heavy atom. The monoisotopic (exact) mass is 245 g/mol. The van der Waals surface area contributed by atoms with E-state index in [1.807, 2.05) is 20.2 Å². The quantitative estimate of drug-likeness (QED) is 0.903. The van der Waals surface area contributed by atoms with Crippen molar-refractivity contribution in [1.29, 1.82) is 0 Å². The van der Waals surface area contributed by atoms with Crippen molar-refractivity contribution in [2.75, 3.05) is 7.05 Å². The number of aromatic nitrogens is 2. The van der Waals surface area contributed by atoms with E-state index in [2.05, 4.69) is 15.3 Å². The molecular formula is C14H16FN3. The minimum absolute atomic E-state index is 0.206. The lowest BCUT2D eigenvalue weighted by molar-refractivity contribution is 0.618. The van der Waals surface area contributed by atoms with Crippen LogP contribution in [0.5, 0.6) is 0 Å². The van der Waals surface area contributed by atoms with Crippen molar-refractivity contribution in [1.82, 2.24) is 15.3 Å². The molecule has 0 aliphatic heterocycles. The van der Waals surface area contributed by atoms with Crippen molar-refractivity contribution < 1.29 is 4.39 Å². The largest absolute Gasteiger partial charge is 0.316 e. The van der Waals surface area contributed by atoms with E-state index in [-0.39, 0.29) is 5.82 Å². The molecule has 0 atom stereocenters. The topological polar surface area (TPSA) is 37.8 Å². The Balaban J connectivity index is 2.39. The molecule has 1 N–H and O–H groups in total. The number of rotatable bonds is 3. The number of nitrogens with zero attached hydrogens (tertiary/aromatic N) is 2. The summed E-state index contributed by atoms with van der Waals surface area (Å²) in [5, 5.41) is 3.07. The maximum Gasteiger partial charge on any atom is 0.159 e. The summed E-state index contributed by atoms with van der Waals surface area (Å²) in [7, 11) is 1.89. The van der Waals surface area contributed by atoms with Crippen LogP contribution < -0.4 is 5.32 Å². The first-order valence-electron chi connectivity index (χ1n) is 5.85. The van der Waals surface area contributed by atoms with Crippen LogP contribution in [-0.2, 0) is 6.54 Å². The fourth-order valence-electron chi connectivity index (χ4n) is 1.78. The molecule has 0 radical (unpaired) electrons. The molecule has 18 heavy (non-hydrogen) atoms. The zero-order valence-electron chi connectivity index (χ0n) is 10.8. The van der Waals surface area contributed by atoms with Crippen molar-refractivity contribution in [2.45, 2.75) is 20.4 Å². The molecule has 0 saturated heterocycles. The van der Waals surface area contributed by atoms with Crippen LogP contribution in [-0.4, -0.2) is 17.0 Å². The normalized spacial score (nSPS) is 10.7. The van der Waals surface area contributed by atoms with Gasteiger partial charge < -0.3 is 5.32 Å². The maximum absolute atomic E-state index is 13.2. The summed E-state index contributed by atoms with van der Waals surface area (Å²) in [6.07, 6.45) is 1.81. The fraction of sp³-hybridized carbons (Fsp3) is 0.286. The molecule has 0 amide bonds. The molecule has 1 aromatic carbocycles. The van der Waals surface area contributed by atoms with Gasteiger partial charge in [0.25, 0.3) is 0 Å². The lowest BCUT2D eigenvalue weighted by Crippen LogP contribution is -2.08. The molecule has 1 heterocycles. The van der Waals surface area contributed by atoms with Crippen LogP contribution in [0.2, 0.25) is 0 Å². The van der Waals surface area contributed by atoms with Gasteiger partial charge in [0, 0.05) is 29.6 Å². The van der Waals surface area contributed by atoms with Crippen molar-refractivity contribution in [3.8, 4) is 11.4 Å². The van der Waals surface area contributed by atoms with Crippen molar-refractivity contribution in [3.63, 3.8) is 0 Å². The van der Waals surface area contributed by atoms with Gasteiger partial charge >= 0.3 is 0 Å². The second kappa shape index (κ2) is 5.23. The molecule has 0 fully saturated rings. The predicted molar refractivity (Wildman–Crippen MR) is 69.7 cm³/mol. The second-order valence-electron chi connectivity index (χ2n) is 4.30. The predicted octanol–water partition coefficient (Wildman–Crippen LogP) is 2.62. The Morgan fingerprint density at radius 1 is 1.28 bits per heavy atom. The summed E-state index contributed by atoms with van der Waals surface area (Å²) in [5.41, 5.74) is 3.46. The van der Waals surface area contributed by atoms with E-state index in [4.69, 9.17) is 0 Å². The van der Waals surface area contributed by atoms with Gasteiger partial charge in [0.05, 0.1) is 0 Å². The summed E-state index contributed by atoms with van der Waals surface area (Å²) in [6.45, 7) is 4.43. The number of hydrogen-bond donors (Lipinski definition) is 1. The molecule has 0 bridgehead atoms. The first-order valence-corrected chi connectivity index (χ1v) is 5.85. The van der Waals surface area contributed by atoms with Crippen molar-refractivity contribution >= 4 is 0 Å². The summed E-state index contributed by atoms with van der Waals surface area (Å²) < 4.78 is 13.2. The smallest absolute Gasteiger partial charge is 0.159 e. The minimum atomic E-state index is -0.206. The minimum Gasteiger partial charge on any atom is -0.316 e. The Hall–Kier alpha value is -1.81. The number of nitrogens with one attached hydrogen (secondary N) is 1. The average molecular weight is 245 g/mol. The molecule has 0 aliphatic carbocycles. The molecule has 0 aliphatic rings. The van der Waals surface area contributed by atoms with Gasteiger partial charge in [0.2, 0.25) is 0 Å². The van der Waals surface area contributed by atoms with E-state index >= 15 is 0 Å². The van der Waals surface area contributed by atoms with Gasteiger partial charge in [0.1, 0.15) is 5.82 Å². The summed E-state index contributed by atoms with van der Waals surface area (Å²) in [6, 6.07) is 4.92. The Kier molecular flexibility index (Phi) is 3.67. The van der Waals surface area contributed by atoms with Crippen LogP contribution in [0, 0.1) is 19.7 Å². The fourth-order valence-corrected chi connectivity index (χ4v) is 1.78. The van der Waals surface area contributed by atoms with Crippen LogP contribution in [0.1, 0.15) is 16.8 Å². The van der Waals surface area contributed by atoms with Gasteiger partial charge in [-0.2, -0.15) is 0 Å². The third-order valence-corrected chi connectivity index (χ3v) is 2.86. The van der Waals surface area contributed by atoms with Crippen LogP contribution in [0.15, 0.2) is 24.4 Å². The number of halogens is 1. The first kappa shape index (κ1) is 12.6. The molecule has 0 unspecified atom stereocenters. The molecule has 3 nitrogen and oxygen atoms in total.